The number of aromatic hydroxyl groups is 1. The lowest BCUT2D eigenvalue weighted by atomic mass is 9.90. The second-order valence-electron chi connectivity index (χ2n) is 4.92. The maximum Gasteiger partial charge on any atom is 0.259 e. The molecular formula is C14H10ClNO6. The number of amides is 1. The van der Waals surface area contributed by atoms with Gasteiger partial charge in [0, 0.05) is 6.08 Å². The fourth-order valence-electron chi connectivity index (χ4n) is 2.28. The number of aliphatic hydroxyl groups is 1. The molecule has 0 spiro atoms. The van der Waals surface area contributed by atoms with Crippen LogP contribution in [-0.4, -0.2) is 46.0 Å². The molecule has 1 aromatic rings. The van der Waals surface area contributed by atoms with Crippen molar-refractivity contribution in [1.82, 2.24) is 5.32 Å². The molecule has 1 amide bonds. The number of benzene rings is 1. The summed E-state index contributed by atoms with van der Waals surface area (Å²) in [5, 5.41) is 21.1. The smallest absolute Gasteiger partial charge is 0.259 e. The zero-order chi connectivity index (χ0) is 16.1. The molecule has 1 aromatic carbocycles. The van der Waals surface area contributed by atoms with Crippen LogP contribution in [0.2, 0.25) is 5.02 Å². The lowest BCUT2D eigenvalue weighted by molar-refractivity contribution is -0.123. The monoisotopic (exact) mass is 323 g/mol. The van der Waals surface area contributed by atoms with Gasteiger partial charge in [-0.25, -0.2) is 0 Å². The Bertz CT molecular complexity index is 743. The number of ketones is 2. The van der Waals surface area contributed by atoms with E-state index in [1.165, 1.54) is 18.2 Å². The van der Waals surface area contributed by atoms with Crippen molar-refractivity contribution in [3.05, 3.63) is 40.6 Å². The van der Waals surface area contributed by atoms with E-state index >= 15 is 0 Å². The van der Waals surface area contributed by atoms with E-state index in [0.29, 0.717) is 0 Å². The molecule has 1 saturated heterocycles. The van der Waals surface area contributed by atoms with E-state index in [1.54, 1.807) is 0 Å². The van der Waals surface area contributed by atoms with E-state index in [9.17, 15) is 19.5 Å². The van der Waals surface area contributed by atoms with Crippen molar-refractivity contribution in [3.8, 4) is 5.75 Å². The highest BCUT2D eigenvalue weighted by molar-refractivity contribution is 6.32. The van der Waals surface area contributed by atoms with Crippen molar-refractivity contribution in [1.29, 1.82) is 0 Å². The van der Waals surface area contributed by atoms with Gasteiger partial charge in [0.25, 0.3) is 5.91 Å². The number of aliphatic hydroxyl groups excluding tert-OH is 1. The Labute approximate surface area is 129 Å². The number of hydrogen-bond donors (Lipinski definition) is 3. The van der Waals surface area contributed by atoms with E-state index in [-0.39, 0.29) is 16.3 Å². The molecule has 7 nitrogen and oxygen atoms in total. The van der Waals surface area contributed by atoms with E-state index in [2.05, 4.69) is 5.32 Å². The summed E-state index contributed by atoms with van der Waals surface area (Å²) < 4.78 is 4.98. The van der Waals surface area contributed by atoms with Gasteiger partial charge < -0.3 is 20.3 Å². The standard InChI is InChI=1S/C14H10ClNO6/c15-7-3-1-2-6(10(7)19)13(21)16-8-4-9(18)14(5-17)12(22-14)11(8)20/h1-4,12,17,19H,5H2,(H,16,21). The predicted octanol–water partition coefficient (Wildman–Crippen LogP) is -0.0590. The molecule has 3 rings (SSSR count). The minimum absolute atomic E-state index is 0.0162. The van der Waals surface area contributed by atoms with E-state index in [4.69, 9.17) is 21.4 Å². The number of carbonyl (C=O) groups excluding carboxylic acids is 3. The van der Waals surface area contributed by atoms with Crippen molar-refractivity contribution in [2.75, 3.05) is 6.61 Å². The third-order valence-electron chi connectivity index (χ3n) is 3.61. The molecule has 1 aliphatic carbocycles. The van der Waals surface area contributed by atoms with Crippen molar-refractivity contribution in [2.24, 2.45) is 0 Å². The summed E-state index contributed by atoms with van der Waals surface area (Å²) in [7, 11) is 0. The first-order valence-electron chi connectivity index (χ1n) is 6.28. The third kappa shape index (κ3) is 2.02. The minimum Gasteiger partial charge on any atom is -0.506 e. The number of nitrogens with one attached hydrogen (secondary N) is 1. The van der Waals surface area contributed by atoms with Crippen LogP contribution in [0.1, 0.15) is 10.4 Å². The van der Waals surface area contributed by atoms with Gasteiger partial charge in [-0.1, -0.05) is 17.7 Å². The molecular weight excluding hydrogens is 314 g/mol. The highest BCUT2D eigenvalue weighted by atomic mass is 35.5. The molecule has 114 valence electrons. The molecule has 1 fully saturated rings. The minimum atomic E-state index is -1.50. The summed E-state index contributed by atoms with van der Waals surface area (Å²) in [6, 6.07) is 4.17. The fraction of sp³-hybridized carbons (Fsp3) is 0.214. The van der Waals surface area contributed by atoms with Crippen molar-refractivity contribution >= 4 is 29.1 Å². The average molecular weight is 324 g/mol. The Morgan fingerprint density at radius 3 is 2.82 bits per heavy atom. The summed E-state index contributed by atoms with van der Waals surface area (Å²) >= 11 is 5.71. The second-order valence-corrected chi connectivity index (χ2v) is 5.33. The van der Waals surface area contributed by atoms with Crippen LogP contribution in [0.25, 0.3) is 0 Å². The summed E-state index contributed by atoms with van der Waals surface area (Å²) in [5.41, 5.74) is -1.88. The number of phenolic OH excluding ortho intramolecular Hbond substituents is 1. The molecule has 2 atom stereocenters. The Morgan fingerprint density at radius 2 is 2.14 bits per heavy atom. The van der Waals surface area contributed by atoms with Crippen molar-refractivity contribution < 1.29 is 29.3 Å². The highest BCUT2D eigenvalue weighted by Gasteiger charge is 2.67. The lowest BCUT2D eigenvalue weighted by Crippen LogP contribution is -2.41. The van der Waals surface area contributed by atoms with Crippen LogP contribution in [0, 0.1) is 0 Å². The second kappa shape index (κ2) is 4.91. The molecule has 1 heterocycles. The van der Waals surface area contributed by atoms with Crippen LogP contribution < -0.4 is 5.32 Å². The zero-order valence-electron chi connectivity index (χ0n) is 11.0. The fourth-order valence-corrected chi connectivity index (χ4v) is 2.45. The van der Waals surface area contributed by atoms with Gasteiger partial charge >= 0.3 is 0 Å². The molecule has 0 aromatic heterocycles. The topological polar surface area (TPSA) is 116 Å². The number of carbonyl (C=O) groups is 3. The first-order valence-corrected chi connectivity index (χ1v) is 6.66. The predicted molar refractivity (Wildman–Crippen MR) is 73.4 cm³/mol. The maximum absolute atomic E-state index is 12.1. The Hall–Kier alpha value is -2.22. The lowest BCUT2D eigenvalue weighted by Gasteiger charge is -2.14. The summed E-state index contributed by atoms with van der Waals surface area (Å²) in [4.78, 5) is 36.0. The largest absolute Gasteiger partial charge is 0.506 e. The van der Waals surface area contributed by atoms with Crippen LogP contribution in [0.15, 0.2) is 30.0 Å². The average Bonchev–Trinajstić information content (AvgIpc) is 3.24. The Kier molecular flexibility index (Phi) is 3.28. The number of fused-ring (bicyclic) bond motifs is 1. The van der Waals surface area contributed by atoms with Gasteiger partial charge in [0.15, 0.2) is 17.5 Å². The van der Waals surface area contributed by atoms with E-state index < -0.39 is 41.5 Å². The van der Waals surface area contributed by atoms with Crippen molar-refractivity contribution in [2.45, 2.75) is 11.7 Å². The molecule has 2 aliphatic rings. The van der Waals surface area contributed by atoms with Gasteiger partial charge in [-0.15, -0.1) is 0 Å². The number of phenols is 1. The van der Waals surface area contributed by atoms with Gasteiger partial charge in [-0.3, -0.25) is 14.4 Å². The van der Waals surface area contributed by atoms with Crippen LogP contribution >= 0.6 is 11.6 Å². The van der Waals surface area contributed by atoms with Gasteiger partial charge in [0.1, 0.15) is 5.75 Å². The normalized spacial score (nSPS) is 26.3. The number of ether oxygens (including phenoxy) is 1. The molecule has 2 unspecified atom stereocenters. The Balaban J connectivity index is 1.85. The van der Waals surface area contributed by atoms with Gasteiger partial charge in [0.05, 0.1) is 22.9 Å². The first kappa shape index (κ1) is 14.7. The summed E-state index contributed by atoms with van der Waals surface area (Å²) in [6.45, 7) is -0.602. The highest BCUT2D eigenvalue weighted by Crippen LogP contribution is 2.42. The number of epoxide rings is 1. The molecule has 8 heteroatoms. The number of para-hydroxylation sites is 1. The zero-order valence-corrected chi connectivity index (χ0v) is 11.8. The quantitative estimate of drug-likeness (QED) is 0.671. The number of hydrogen-bond acceptors (Lipinski definition) is 6. The van der Waals surface area contributed by atoms with Crippen LogP contribution in [0.5, 0.6) is 5.75 Å². The number of rotatable bonds is 3. The first-order chi connectivity index (χ1) is 10.4. The molecule has 1 aliphatic heterocycles. The van der Waals surface area contributed by atoms with Crippen LogP contribution in [0.3, 0.4) is 0 Å². The van der Waals surface area contributed by atoms with Crippen molar-refractivity contribution in [3.63, 3.8) is 0 Å². The molecule has 0 radical (unpaired) electrons. The van der Waals surface area contributed by atoms with Crippen LogP contribution in [0.4, 0.5) is 0 Å². The van der Waals surface area contributed by atoms with E-state index in [1.807, 2.05) is 0 Å². The third-order valence-corrected chi connectivity index (χ3v) is 3.91. The molecule has 0 bridgehead atoms. The van der Waals surface area contributed by atoms with Gasteiger partial charge in [-0.2, -0.15) is 0 Å². The summed E-state index contributed by atoms with van der Waals surface area (Å²) in [5.74, 6) is -2.41. The number of halogens is 1. The molecule has 22 heavy (non-hydrogen) atoms. The van der Waals surface area contributed by atoms with Crippen LogP contribution in [-0.2, 0) is 14.3 Å². The molecule has 0 saturated carbocycles. The SMILES string of the molecule is O=C(NC1=CC(=O)C2(CO)OC2C1=O)c1cccc(Cl)c1O. The summed E-state index contributed by atoms with van der Waals surface area (Å²) in [6.07, 6.45) is -0.167. The van der Waals surface area contributed by atoms with Gasteiger partial charge in [0.2, 0.25) is 5.78 Å². The van der Waals surface area contributed by atoms with Gasteiger partial charge in [-0.05, 0) is 12.1 Å². The maximum atomic E-state index is 12.1. The molecule has 3 N–H and O–H groups in total. The number of Topliss-reactive ketones (excluding diaryl/α,β-unsaturated/α-hetero) is 1. The Morgan fingerprint density at radius 1 is 1.41 bits per heavy atom. The van der Waals surface area contributed by atoms with E-state index in [0.717, 1.165) is 6.08 Å².